The van der Waals surface area contributed by atoms with Gasteiger partial charge in [-0.1, -0.05) is 0 Å². The molecule has 0 spiro atoms. The summed E-state index contributed by atoms with van der Waals surface area (Å²) in [6.07, 6.45) is 3.63. The van der Waals surface area contributed by atoms with Gasteiger partial charge in [0.15, 0.2) is 0 Å². The Bertz CT molecular complexity index is 232. The highest BCUT2D eigenvalue weighted by Crippen LogP contribution is 2.37. The molecule has 3 unspecified atom stereocenters. The number of piperidine rings is 1. The van der Waals surface area contributed by atoms with Gasteiger partial charge in [0.25, 0.3) is 0 Å². The summed E-state index contributed by atoms with van der Waals surface area (Å²) in [6, 6.07) is -0.00486. The van der Waals surface area contributed by atoms with E-state index in [2.05, 4.69) is 0 Å². The standard InChI is InChI=1S/C10H18N2O2/c1-14-6-9(11)10(13)12-5-7-2-3-8(12)4-7/h7-9H,2-6,11H2,1H3. The number of carbonyl (C=O) groups excluding carboxylic acids is 1. The Morgan fingerprint density at radius 2 is 2.43 bits per heavy atom. The zero-order valence-corrected chi connectivity index (χ0v) is 8.61. The first-order chi connectivity index (χ1) is 6.72. The van der Waals surface area contributed by atoms with Gasteiger partial charge in [-0.3, -0.25) is 4.79 Å². The third-order valence-corrected chi connectivity index (χ3v) is 3.36. The van der Waals surface area contributed by atoms with E-state index in [9.17, 15) is 4.79 Å². The fourth-order valence-corrected chi connectivity index (χ4v) is 2.66. The summed E-state index contributed by atoms with van der Waals surface area (Å²) in [5.74, 6) is 0.803. The van der Waals surface area contributed by atoms with Crippen LogP contribution < -0.4 is 5.73 Å². The van der Waals surface area contributed by atoms with E-state index in [4.69, 9.17) is 10.5 Å². The molecule has 3 atom stereocenters. The van der Waals surface area contributed by atoms with Crippen LogP contribution in [0.1, 0.15) is 19.3 Å². The number of fused-ring (bicyclic) bond motifs is 2. The van der Waals surface area contributed by atoms with Crippen LogP contribution in [0.5, 0.6) is 0 Å². The van der Waals surface area contributed by atoms with Crippen molar-refractivity contribution in [3.8, 4) is 0 Å². The lowest BCUT2D eigenvalue weighted by Gasteiger charge is -2.29. The molecule has 1 saturated heterocycles. The number of nitrogens with zero attached hydrogens (tertiary/aromatic N) is 1. The van der Waals surface area contributed by atoms with Crippen molar-refractivity contribution < 1.29 is 9.53 Å². The van der Waals surface area contributed by atoms with E-state index in [1.165, 1.54) is 12.8 Å². The van der Waals surface area contributed by atoms with Crippen LogP contribution in [0, 0.1) is 5.92 Å². The zero-order chi connectivity index (χ0) is 10.1. The van der Waals surface area contributed by atoms with Gasteiger partial charge in [0.05, 0.1) is 6.61 Å². The number of hydrogen-bond acceptors (Lipinski definition) is 3. The highest BCUT2D eigenvalue weighted by molar-refractivity contribution is 5.82. The lowest BCUT2D eigenvalue weighted by atomic mass is 10.1. The van der Waals surface area contributed by atoms with Crippen molar-refractivity contribution in [1.29, 1.82) is 0 Å². The molecule has 2 aliphatic rings. The predicted molar refractivity (Wildman–Crippen MR) is 52.7 cm³/mol. The average Bonchev–Trinajstić information content (AvgIpc) is 2.77. The molecule has 0 aromatic carbocycles. The number of carbonyl (C=O) groups is 1. The second-order valence-corrected chi connectivity index (χ2v) is 4.39. The molecular weight excluding hydrogens is 180 g/mol. The molecule has 4 heteroatoms. The van der Waals surface area contributed by atoms with E-state index in [1.54, 1.807) is 7.11 Å². The molecule has 0 radical (unpaired) electrons. The van der Waals surface area contributed by atoms with Crippen molar-refractivity contribution in [3.63, 3.8) is 0 Å². The molecule has 2 N–H and O–H groups in total. The minimum Gasteiger partial charge on any atom is -0.383 e. The molecule has 4 nitrogen and oxygen atoms in total. The largest absolute Gasteiger partial charge is 0.383 e. The molecule has 80 valence electrons. The van der Waals surface area contributed by atoms with Gasteiger partial charge >= 0.3 is 0 Å². The van der Waals surface area contributed by atoms with Crippen LogP contribution in [0.15, 0.2) is 0 Å². The van der Waals surface area contributed by atoms with Crippen LogP contribution in [-0.2, 0) is 9.53 Å². The van der Waals surface area contributed by atoms with Crippen molar-refractivity contribution in [3.05, 3.63) is 0 Å². The molecule has 1 aliphatic carbocycles. The molecule has 2 rings (SSSR count). The highest BCUT2D eigenvalue weighted by Gasteiger charge is 2.41. The SMILES string of the molecule is COCC(N)C(=O)N1CC2CCC1C2. The molecule has 2 fully saturated rings. The van der Waals surface area contributed by atoms with Crippen molar-refractivity contribution in [2.75, 3.05) is 20.3 Å². The minimum atomic E-state index is -0.473. The van der Waals surface area contributed by atoms with Gasteiger partial charge in [-0.05, 0) is 25.2 Å². The van der Waals surface area contributed by atoms with Gasteiger partial charge in [-0.2, -0.15) is 0 Å². The Kier molecular flexibility index (Phi) is 2.74. The fourth-order valence-electron chi connectivity index (χ4n) is 2.66. The van der Waals surface area contributed by atoms with E-state index in [0.717, 1.165) is 18.9 Å². The topological polar surface area (TPSA) is 55.6 Å². The third-order valence-electron chi connectivity index (χ3n) is 3.36. The van der Waals surface area contributed by atoms with E-state index in [1.807, 2.05) is 4.90 Å². The number of ether oxygens (including phenoxy) is 1. The smallest absolute Gasteiger partial charge is 0.242 e. The normalized spacial score (nSPS) is 32.3. The summed E-state index contributed by atoms with van der Waals surface area (Å²) >= 11 is 0. The number of rotatable bonds is 3. The van der Waals surface area contributed by atoms with E-state index in [0.29, 0.717) is 12.6 Å². The van der Waals surface area contributed by atoms with Crippen molar-refractivity contribution in [2.24, 2.45) is 11.7 Å². The summed E-state index contributed by atoms with van der Waals surface area (Å²) in [7, 11) is 1.57. The first-order valence-electron chi connectivity index (χ1n) is 5.27. The summed E-state index contributed by atoms with van der Waals surface area (Å²) in [4.78, 5) is 13.8. The first-order valence-corrected chi connectivity index (χ1v) is 5.27. The number of likely N-dealkylation sites (tertiary alicyclic amines) is 1. The lowest BCUT2D eigenvalue weighted by molar-refractivity contribution is -0.135. The number of nitrogens with two attached hydrogens (primary N) is 1. The van der Waals surface area contributed by atoms with Crippen LogP contribution in [0.3, 0.4) is 0 Å². The van der Waals surface area contributed by atoms with Gasteiger partial charge in [-0.15, -0.1) is 0 Å². The molecule has 14 heavy (non-hydrogen) atoms. The lowest BCUT2D eigenvalue weighted by Crippen LogP contribution is -2.49. The van der Waals surface area contributed by atoms with Crippen molar-refractivity contribution in [1.82, 2.24) is 4.90 Å². The third kappa shape index (κ3) is 1.64. The van der Waals surface area contributed by atoms with E-state index < -0.39 is 6.04 Å². The van der Waals surface area contributed by atoms with Gasteiger partial charge in [0.1, 0.15) is 6.04 Å². The molecule has 0 aromatic rings. The van der Waals surface area contributed by atoms with Gasteiger partial charge in [-0.25, -0.2) is 0 Å². The molecule has 1 heterocycles. The number of methoxy groups -OCH3 is 1. The van der Waals surface area contributed by atoms with Gasteiger partial charge < -0.3 is 15.4 Å². The molecule has 1 amide bonds. The molecule has 2 bridgehead atoms. The summed E-state index contributed by atoms with van der Waals surface area (Å²) in [5.41, 5.74) is 5.72. The first kappa shape index (κ1) is 9.93. The van der Waals surface area contributed by atoms with Gasteiger partial charge in [0, 0.05) is 19.7 Å². The second-order valence-electron chi connectivity index (χ2n) is 4.39. The Morgan fingerprint density at radius 3 is 2.93 bits per heavy atom. The Morgan fingerprint density at radius 1 is 1.64 bits per heavy atom. The summed E-state index contributed by atoms with van der Waals surface area (Å²) in [5, 5.41) is 0. The maximum absolute atomic E-state index is 11.8. The average molecular weight is 198 g/mol. The van der Waals surface area contributed by atoms with Crippen LogP contribution >= 0.6 is 0 Å². The summed E-state index contributed by atoms with van der Waals surface area (Å²) < 4.78 is 4.89. The minimum absolute atomic E-state index is 0.0686. The maximum atomic E-state index is 11.8. The van der Waals surface area contributed by atoms with Crippen molar-refractivity contribution >= 4 is 5.91 Å². The molecular formula is C10H18N2O2. The number of amides is 1. The Balaban J connectivity index is 1.92. The molecule has 1 aliphatic heterocycles. The van der Waals surface area contributed by atoms with E-state index >= 15 is 0 Å². The Labute approximate surface area is 84.4 Å². The zero-order valence-electron chi connectivity index (χ0n) is 8.61. The van der Waals surface area contributed by atoms with Crippen LogP contribution in [0.25, 0.3) is 0 Å². The predicted octanol–water partition coefficient (Wildman–Crippen LogP) is -0.0290. The van der Waals surface area contributed by atoms with Crippen LogP contribution in [-0.4, -0.2) is 43.2 Å². The maximum Gasteiger partial charge on any atom is 0.242 e. The second kappa shape index (κ2) is 3.87. The number of hydrogen-bond donors (Lipinski definition) is 1. The quantitative estimate of drug-likeness (QED) is 0.693. The van der Waals surface area contributed by atoms with Crippen LogP contribution in [0.4, 0.5) is 0 Å². The highest BCUT2D eigenvalue weighted by atomic mass is 16.5. The monoisotopic (exact) mass is 198 g/mol. The van der Waals surface area contributed by atoms with Gasteiger partial charge in [0.2, 0.25) is 5.91 Å². The van der Waals surface area contributed by atoms with Crippen LogP contribution in [0.2, 0.25) is 0 Å². The molecule has 0 aromatic heterocycles. The van der Waals surface area contributed by atoms with Crippen molar-refractivity contribution in [2.45, 2.75) is 31.3 Å². The molecule has 1 saturated carbocycles. The van der Waals surface area contributed by atoms with E-state index in [-0.39, 0.29) is 5.91 Å². The Hall–Kier alpha value is -0.610. The summed E-state index contributed by atoms with van der Waals surface area (Å²) in [6.45, 7) is 1.24. The fraction of sp³-hybridized carbons (Fsp3) is 0.900.